The van der Waals surface area contributed by atoms with Crippen LogP contribution < -0.4 is 14.8 Å². The number of anilines is 1. The molecule has 0 fully saturated rings. The highest BCUT2D eigenvalue weighted by atomic mass is 16.5. The second-order valence-corrected chi connectivity index (χ2v) is 8.46. The minimum atomic E-state index is -0.911. The summed E-state index contributed by atoms with van der Waals surface area (Å²) in [5.74, 6) is 0.654. The predicted molar refractivity (Wildman–Crippen MR) is 127 cm³/mol. The summed E-state index contributed by atoms with van der Waals surface area (Å²) < 4.78 is 11.8. The highest BCUT2D eigenvalue weighted by Crippen LogP contribution is 2.34. The van der Waals surface area contributed by atoms with E-state index >= 15 is 0 Å². The average molecular weight is 446 g/mol. The third-order valence-electron chi connectivity index (χ3n) is 5.89. The lowest BCUT2D eigenvalue weighted by molar-refractivity contribution is -0.136. The third-order valence-corrected chi connectivity index (χ3v) is 5.89. The summed E-state index contributed by atoms with van der Waals surface area (Å²) in [6, 6.07) is 17.0. The number of amides is 1. The molecule has 1 aliphatic heterocycles. The first-order valence-corrected chi connectivity index (χ1v) is 10.9. The van der Waals surface area contributed by atoms with Crippen LogP contribution in [0.5, 0.6) is 11.5 Å². The summed E-state index contributed by atoms with van der Waals surface area (Å²) >= 11 is 0. The number of nitrogens with one attached hydrogen (secondary N) is 1. The lowest BCUT2D eigenvalue weighted by atomic mass is 10.0. The van der Waals surface area contributed by atoms with E-state index in [9.17, 15) is 9.59 Å². The quantitative estimate of drug-likeness (QED) is 0.532. The molecule has 170 valence electrons. The number of hydrogen-bond acceptors (Lipinski definition) is 4. The standard InChI is InChI=1S/C27H27NO5/c1-16-8-9-19(13-25(29)30)12-23(16)28-27(31)26-17(2)10-21(11-18(26)3)32-14-20-15-33-24-7-5-4-6-22(20)24/h4-12,20H,13-15H2,1-3H3,(H,28,31)(H,29,30)/t20-/m0/s1. The van der Waals surface area contributed by atoms with E-state index in [-0.39, 0.29) is 18.2 Å². The molecule has 1 atom stereocenters. The van der Waals surface area contributed by atoms with E-state index in [4.69, 9.17) is 14.6 Å². The highest BCUT2D eigenvalue weighted by Gasteiger charge is 2.24. The van der Waals surface area contributed by atoms with Crippen LogP contribution in [0, 0.1) is 20.8 Å². The summed E-state index contributed by atoms with van der Waals surface area (Å²) in [6.45, 7) is 6.74. The Hall–Kier alpha value is -3.80. The fourth-order valence-electron chi connectivity index (χ4n) is 4.20. The van der Waals surface area contributed by atoms with Crippen molar-refractivity contribution in [1.82, 2.24) is 0 Å². The number of para-hydroxylation sites is 1. The van der Waals surface area contributed by atoms with Crippen LogP contribution in [0.25, 0.3) is 0 Å². The molecule has 1 heterocycles. The lowest BCUT2D eigenvalue weighted by Gasteiger charge is -2.16. The van der Waals surface area contributed by atoms with Crippen molar-refractivity contribution in [3.05, 3.63) is 88.0 Å². The molecule has 3 aromatic carbocycles. The third kappa shape index (κ3) is 5.00. The largest absolute Gasteiger partial charge is 0.493 e. The first-order chi connectivity index (χ1) is 15.8. The fourth-order valence-corrected chi connectivity index (χ4v) is 4.20. The Bertz CT molecular complexity index is 1190. The van der Waals surface area contributed by atoms with Gasteiger partial charge in [0.15, 0.2) is 0 Å². The van der Waals surface area contributed by atoms with Crippen molar-refractivity contribution in [3.63, 3.8) is 0 Å². The van der Waals surface area contributed by atoms with Crippen molar-refractivity contribution < 1.29 is 24.2 Å². The van der Waals surface area contributed by atoms with Crippen LogP contribution in [-0.2, 0) is 11.2 Å². The van der Waals surface area contributed by atoms with Crippen LogP contribution in [0.2, 0.25) is 0 Å². The van der Waals surface area contributed by atoms with Gasteiger partial charge in [-0.1, -0.05) is 30.3 Å². The summed E-state index contributed by atoms with van der Waals surface area (Å²) in [7, 11) is 0. The van der Waals surface area contributed by atoms with Gasteiger partial charge in [-0.3, -0.25) is 9.59 Å². The van der Waals surface area contributed by atoms with Crippen molar-refractivity contribution in [2.75, 3.05) is 18.5 Å². The van der Waals surface area contributed by atoms with Crippen LogP contribution >= 0.6 is 0 Å². The molecule has 1 aliphatic rings. The summed E-state index contributed by atoms with van der Waals surface area (Å²) in [4.78, 5) is 24.1. The lowest BCUT2D eigenvalue weighted by Crippen LogP contribution is -2.17. The van der Waals surface area contributed by atoms with Crippen molar-refractivity contribution >= 4 is 17.6 Å². The molecule has 1 amide bonds. The number of carboxylic acids is 1. The molecule has 6 heteroatoms. The van der Waals surface area contributed by atoms with Gasteiger partial charge in [0.2, 0.25) is 0 Å². The molecular weight excluding hydrogens is 418 g/mol. The van der Waals surface area contributed by atoms with E-state index in [1.807, 2.05) is 57.2 Å². The van der Waals surface area contributed by atoms with E-state index in [0.29, 0.717) is 35.8 Å². The van der Waals surface area contributed by atoms with Crippen LogP contribution in [0.15, 0.2) is 54.6 Å². The smallest absolute Gasteiger partial charge is 0.307 e. The van der Waals surface area contributed by atoms with Gasteiger partial charge in [-0.25, -0.2) is 0 Å². The normalized spacial score (nSPS) is 14.3. The number of fused-ring (bicyclic) bond motifs is 1. The molecule has 4 rings (SSSR count). The van der Waals surface area contributed by atoms with Gasteiger partial charge in [-0.15, -0.1) is 0 Å². The minimum Gasteiger partial charge on any atom is -0.493 e. The van der Waals surface area contributed by atoms with E-state index < -0.39 is 5.97 Å². The Morgan fingerprint density at radius 1 is 1.03 bits per heavy atom. The molecule has 33 heavy (non-hydrogen) atoms. The number of ether oxygens (including phenoxy) is 2. The Balaban J connectivity index is 1.47. The molecule has 3 aromatic rings. The van der Waals surface area contributed by atoms with Crippen molar-refractivity contribution in [2.24, 2.45) is 0 Å². The Labute approximate surface area is 193 Å². The molecule has 0 radical (unpaired) electrons. The maximum Gasteiger partial charge on any atom is 0.307 e. The monoisotopic (exact) mass is 445 g/mol. The van der Waals surface area contributed by atoms with E-state index in [2.05, 4.69) is 11.4 Å². The highest BCUT2D eigenvalue weighted by molar-refractivity contribution is 6.06. The van der Waals surface area contributed by atoms with Gasteiger partial charge in [0.1, 0.15) is 11.5 Å². The number of aryl methyl sites for hydroxylation is 3. The number of rotatable bonds is 7. The first-order valence-electron chi connectivity index (χ1n) is 10.9. The Kier molecular flexibility index (Phi) is 6.36. The Morgan fingerprint density at radius 2 is 1.76 bits per heavy atom. The number of hydrogen-bond donors (Lipinski definition) is 2. The van der Waals surface area contributed by atoms with Gasteiger partial charge in [-0.05, 0) is 67.3 Å². The Morgan fingerprint density at radius 3 is 2.48 bits per heavy atom. The van der Waals surface area contributed by atoms with E-state index in [1.54, 1.807) is 12.1 Å². The SMILES string of the molecule is Cc1ccc(CC(=O)O)cc1NC(=O)c1c(C)cc(OC[C@H]2COc3ccccc32)cc1C. The van der Waals surface area contributed by atoms with Gasteiger partial charge in [0.05, 0.1) is 25.6 Å². The molecule has 0 aliphatic carbocycles. The summed E-state index contributed by atoms with van der Waals surface area (Å²) in [5, 5.41) is 12.0. The minimum absolute atomic E-state index is 0.0935. The van der Waals surface area contributed by atoms with Crippen LogP contribution in [0.1, 0.15) is 44.1 Å². The van der Waals surface area contributed by atoms with Crippen LogP contribution in [0.3, 0.4) is 0 Å². The van der Waals surface area contributed by atoms with Gasteiger partial charge in [-0.2, -0.15) is 0 Å². The number of carbonyl (C=O) groups excluding carboxylic acids is 1. The zero-order valence-electron chi connectivity index (χ0n) is 19.0. The van der Waals surface area contributed by atoms with E-state index in [0.717, 1.165) is 28.0 Å². The van der Waals surface area contributed by atoms with Gasteiger partial charge < -0.3 is 19.9 Å². The number of carbonyl (C=O) groups is 2. The maximum absolute atomic E-state index is 13.1. The number of benzene rings is 3. The maximum atomic E-state index is 13.1. The van der Waals surface area contributed by atoms with Gasteiger partial charge >= 0.3 is 5.97 Å². The van der Waals surface area contributed by atoms with Crippen molar-refractivity contribution in [3.8, 4) is 11.5 Å². The van der Waals surface area contributed by atoms with Crippen LogP contribution in [-0.4, -0.2) is 30.2 Å². The molecule has 2 N–H and O–H groups in total. The molecule has 6 nitrogen and oxygen atoms in total. The molecule has 0 aromatic heterocycles. The number of aliphatic carboxylic acids is 1. The van der Waals surface area contributed by atoms with Gasteiger partial charge in [0.25, 0.3) is 5.91 Å². The molecule has 0 saturated heterocycles. The average Bonchev–Trinajstić information content (AvgIpc) is 3.17. The topological polar surface area (TPSA) is 84.9 Å². The second-order valence-electron chi connectivity index (χ2n) is 8.46. The summed E-state index contributed by atoms with van der Waals surface area (Å²) in [5.41, 5.74) is 5.47. The molecule has 0 bridgehead atoms. The second kappa shape index (κ2) is 9.36. The predicted octanol–water partition coefficient (Wildman–Crippen LogP) is 5.05. The molecule has 0 saturated carbocycles. The zero-order chi connectivity index (χ0) is 23.5. The number of carboxylic acid groups (broad SMARTS) is 1. The van der Waals surface area contributed by atoms with Crippen molar-refractivity contribution in [1.29, 1.82) is 0 Å². The summed E-state index contributed by atoms with van der Waals surface area (Å²) in [6.07, 6.45) is -0.0935. The van der Waals surface area contributed by atoms with Crippen LogP contribution in [0.4, 0.5) is 5.69 Å². The van der Waals surface area contributed by atoms with Crippen molar-refractivity contribution in [2.45, 2.75) is 33.1 Å². The molecular formula is C27H27NO5. The zero-order valence-corrected chi connectivity index (χ0v) is 19.0. The van der Waals surface area contributed by atoms with E-state index in [1.165, 1.54) is 0 Å². The molecule has 0 unspecified atom stereocenters. The fraction of sp³-hybridized carbons (Fsp3) is 0.259. The van der Waals surface area contributed by atoms with Gasteiger partial charge in [0, 0.05) is 16.8 Å². The molecule has 0 spiro atoms. The first kappa shape index (κ1) is 22.4.